The van der Waals surface area contributed by atoms with Crippen molar-refractivity contribution in [2.75, 3.05) is 11.9 Å². The Morgan fingerprint density at radius 2 is 2.15 bits per heavy atom. The van der Waals surface area contributed by atoms with Gasteiger partial charge in [0, 0.05) is 12.7 Å². The fraction of sp³-hybridized carbons (Fsp3) is 0.300. The summed E-state index contributed by atoms with van der Waals surface area (Å²) < 4.78 is 0. The van der Waals surface area contributed by atoms with Crippen LogP contribution < -0.4 is 4.90 Å². The van der Waals surface area contributed by atoms with Gasteiger partial charge < -0.3 is 10.0 Å². The third-order valence-corrected chi connectivity index (χ3v) is 2.47. The molecule has 3 heteroatoms. The molecule has 68 valence electrons. The number of benzene rings is 1. The zero-order valence-corrected chi connectivity index (χ0v) is 7.66. The quantitative estimate of drug-likeness (QED) is 0.647. The average molecular weight is 177 g/mol. The zero-order valence-electron chi connectivity index (χ0n) is 7.66. The van der Waals surface area contributed by atoms with Crippen molar-refractivity contribution in [3.63, 3.8) is 0 Å². The number of nitrogens with zero attached hydrogens (tertiary/aromatic N) is 1. The van der Waals surface area contributed by atoms with Crippen molar-refractivity contribution in [2.24, 2.45) is 0 Å². The number of hydrogen-bond donors (Lipinski definition) is 1. The number of phenolic OH excluding ortho intramolecular Hbond substituents is 1. The number of carbonyl (C=O) groups is 1. The van der Waals surface area contributed by atoms with Gasteiger partial charge in [-0.05, 0) is 30.2 Å². The monoisotopic (exact) mass is 177 g/mol. The number of anilines is 1. The highest BCUT2D eigenvalue weighted by Gasteiger charge is 2.24. The summed E-state index contributed by atoms with van der Waals surface area (Å²) in [5, 5.41) is 9.43. The van der Waals surface area contributed by atoms with Gasteiger partial charge >= 0.3 is 0 Å². The van der Waals surface area contributed by atoms with Crippen LogP contribution in [0.3, 0.4) is 0 Å². The van der Waals surface area contributed by atoms with Gasteiger partial charge in [-0.25, -0.2) is 0 Å². The number of amides is 1. The van der Waals surface area contributed by atoms with Crippen LogP contribution in [0, 0.1) is 6.92 Å². The van der Waals surface area contributed by atoms with Crippen LogP contribution in [0.15, 0.2) is 12.1 Å². The second kappa shape index (κ2) is 2.49. The molecule has 0 spiro atoms. The first-order chi connectivity index (χ1) is 6.09. The van der Waals surface area contributed by atoms with Crippen LogP contribution in [0.25, 0.3) is 0 Å². The fourth-order valence-electron chi connectivity index (χ4n) is 1.59. The summed E-state index contributed by atoms with van der Waals surface area (Å²) in [6.07, 6.45) is 0.402. The largest absolute Gasteiger partial charge is 0.508 e. The van der Waals surface area contributed by atoms with E-state index in [9.17, 15) is 9.90 Å². The molecular weight excluding hydrogens is 166 g/mol. The maximum absolute atomic E-state index is 11.3. The van der Waals surface area contributed by atoms with E-state index in [0.717, 1.165) is 16.8 Å². The number of aryl methyl sites for hydroxylation is 1. The first kappa shape index (κ1) is 8.10. The summed E-state index contributed by atoms with van der Waals surface area (Å²) in [6, 6.07) is 3.52. The molecule has 1 heterocycles. The molecule has 0 aromatic heterocycles. The molecule has 0 radical (unpaired) electrons. The summed E-state index contributed by atoms with van der Waals surface area (Å²) >= 11 is 0. The maximum atomic E-state index is 11.3. The molecule has 1 N–H and O–H groups in total. The van der Waals surface area contributed by atoms with Gasteiger partial charge in [-0.1, -0.05) is 0 Å². The highest BCUT2D eigenvalue weighted by Crippen LogP contribution is 2.32. The lowest BCUT2D eigenvalue weighted by molar-refractivity contribution is -0.117. The molecule has 0 fully saturated rings. The summed E-state index contributed by atoms with van der Waals surface area (Å²) in [4.78, 5) is 12.9. The SMILES string of the molecule is Cc1cc2c(cc1O)CC(=O)N2C. The zero-order chi connectivity index (χ0) is 9.59. The van der Waals surface area contributed by atoms with E-state index in [2.05, 4.69) is 0 Å². The predicted molar refractivity (Wildman–Crippen MR) is 50.0 cm³/mol. The molecule has 1 aromatic carbocycles. The van der Waals surface area contributed by atoms with Gasteiger partial charge in [-0.15, -0.1) is 0 Å². The van der Waals surface area contributed by atoms with E-state index in [-0.39, 0.29) is 11.7 Å². The number of fused-ring (bicyclic) bond motifs is 1. The van der Waals surface area contributed by atoms with E-state index >= 15 is 0 Å². The van der Waals surface area contributed by atoms with E-state index in [4.69, 9.17) is 0 Å². The lowest BCUT2D eigenvalue weighted by Crippen LogP contribution is -2.20. The molecule has 0 saturated heterocycles. The van der Waals surface area contributed by atoms with Crippen molar-refractivity contribution in [1.29, 1.82) is 0 Å². The summed E-state index contributed by atoms with van der Waals surface area (Å²) in [5.41, 5.74) is 2.64. The smallest absolute Gasteiger partial charge is 0.231 e. The van der Waals surface area contributed by atoms with Crippen molar-refractivity contribution in [3.05, 3.63) is 23.3 Å². The molecule has 1 aliphatic heterocycles. The van der Waals surface area contributed by atoms with Gasteiger partial charge in [-0.3, -0.25) is 4.79 Å². The first-order valence-corrected chi connectivity index (χ1v) is 4.18. The standard InChI is InChI=1S/C10H11NO2/c1-6-3-8-7(4-9(6)12)5-10(13)11(8)2/h3-4,12H,5H2,1-2H3. The highest BCUT2D eigenvalue weighted by molar-refractivity contribution is 6.01. The predicted octanol–water partition coefficient (Wildman–Crippen LogP) is 1.22. The normalized spacial score (nSPS) is 14.9. The van der Waals surface area contributed by atoms with Gasteiger partial charge in [0.25, 0.3) is 0 Å². The Morgan fingerprint density at radius 3 is 2.85 bits per heavy atom. The van der Waals surface area contributed by atoms with E-state index in [1.807, 2.05) is 13.0 Å². The second-order valence-corrected chi connectivity index (χ2v) is 3.40. The Bertz CT molecular complexity index is 385. The van der Waals surface area contributed by atoms with Crippen LogP contribution in [0.1, 0.15) is 11.1 Å². The molecule has 0 atom stereocenters. The van der Waals surface area contributed by atoms with Crippen LogP contribution in [0.4, 0.5) is 5.69 Å². The number of likely N-dealkylation sites (N-methyl/N-ethyl adjacent to an activating group) is 1. The van der Waals surface area contributed by atoms with Gasteiger partial charge in [-0.2, -0.15) is 0 Å². The molecule has 13 heavy (non-hydrogen) atoms. The highest BCUT2D eigenvalue weighted by atomic mass is 16.3. The fourth-order valence-corrected chi connectivity index (χ4v) is 1.59. The minimum absolute atomic E-state index is 0.0833. The Morgan fingerprint density at radius 1 is 1.46 bits per heavy atom. The van der Waals surface area contributed by atoms with E-state index < -0.39 is 0 Å². The van der Waals surface area contributed by atoms with Crippen LogP contribution in [-0.4, -0.2) is 18.1 Å². The van der Waals surface area contributed by atoms with Gasteiger partial charge in [0.2, 0.25) is 5.91 Å². The third-order valence-electron chi connectivity index (χ3n) is 2.47. The lowest BCUT2D eigenvalue weighted by atomic mass is 10.1. The Kier molecular flexibility index (Phi) is 1.55. The average Bonchev–Trinajstić information content (AvgIpc) is 2.32. The molecule has 3 nitrogen and oxygen atoms in total. The van der Waals surface area contributed by atoms with Gasteiger partial charge in [0.1, 0.15) is 5.75 Å². The van der Waals surface area contributed by atoms with Crippen molar-refractivity contribution < 1.29 is 9.90 Å². The molecule has 0 unspecified atom stereocenters. The molecule has 1 aromatic rings. The molecule has 0 aliphatic carbocycles. The van der Waals surface area contributed by atoms with Gasteiger partial charge in [0.05, 0.1) is 6.42 Å². The van der Waals surface area contributed by atoms with E-state index in [1.165, 1.54) is 0 Å². The van der Waals surface area contributed by atoms with Crippen molar-refractivity contribution in [1.82, 2.24) is 0 Å². The number of phenols is 1. The number of rotatable bonds is 0. The van der Waals surface area contributed by atoms with Crippen LogP contribution in [0.2, 0.25) is 0 Å². The number of hydrogen-bond acceptors (Lipinski definition) is 2. The van der Waals surface area contributed by atoms with Gasteiger partial charge in [0.15, 0.2) is 0 Å². The molecule has 1 amide bonds. The van der Waals surface area contributed by atoms with Crippen LogP contribution >= 0.6 is 0 Å². The maximum Gasteiger partial charge on any atom is 0.231 e. The van der Waals surface area contributed by atoms with Crippen molar-refractivity contribution in [3.8, 4) is 5.75 Å². The summed E-state index contributed by atoms with van der Waals surface area (Å²) in [5.74, 6) is 0.349. The Labute approximate surface area is 76.6 Å². The Hall–Kier alpha value is -1.51. The minimum Gasteiger partial charge on any atom is -0.508 e. The van der Waals surface area contributed by atoms with Crippen molar-refractivity contribution >= 4 is 11.6 Å². The van der Waals surface area contributed by atoms with E-state index in [0.29, 0.717) is 6.42 Å². The second-order valence-electron chi connectivity index (χ2n) is 3.40. The number of aromatic hydroxyl groups is 1. The topological polar surface area (TPSA) is 40.5 Å². The molecule has 0 saturated carbocycles. The van der Waals surface area contributed by atoms with Crippen LogP contribution in [-0.2, 0) is 11.2 Å². The Balaban J connectivity index is 2.59. The first-order valence-electron chi connectivity index (χ1n) is 4.18. The summed E-state index contributed by atoms with van der Waals surface area (Å²) in [7, 11) is 1.75. The lowest BCUT2D eigenvalue weighted by Gasteiger charge is -2.10. The van der Waals surface area contributed by atoms with Crippen molar-refractivity contribution in [2.45, 2.75) is 13.3 Å². The third kappa shape index (κ3) is 1.08. The molecule has 0 bridgehead atoms. The molecule has 2 rings (SSSR count). The minimum atomic E-state index is 0.0833. The number of carbonyl (C=O) groups excluding carboxylic acids is 1. The van der Waals surface area contributed by atoms with Crippen LogP contribution in [0.5, 0.6) is 5.75 Å². The molecular formula is C10H11NO2. The van der Waals surface area contributed by atoms with E-state index in [1.54, 1.807) is 18.0 Å². The molecule has 1 aliphatic rings. The summed E-state index contributed by atoms with van der Waals surface area (Å²) in [6.45, 7) is 1.83.